The van der Waals surface area contributed by atoms with Crippen LogP contribution in [0.1, 0.15) is 31.4 Å². The lowest BCUT2D eigenvalue weighted by molar-refractivity contribution is 0.130. The first-order valence-electron chi connectivity index (χ1n) is 7.02. The van der Waals surface area contributed by atoms with E-state index in [0.29, 0.717) is 5.92 Å². The summed E-state index contributed by atoms with van der Waals surface area (Å²) < 4.78 is 0. The van der Waals surface area contributed by atoms with Gasteiger partial charge in [-0.1, -0.05) is 0 Å². The number of phenols is 2. The van der Waals surface area contributed by atoms with Crippen molar-refractivity contribution in [3.63, 3.8) is 0 Å². The Kier molecular flexibility index (Phi) is 4.66. The molecule has 19 heavy (non-hydrogen) atoms. The lowest BCUT2D eigenvalue weighted by atomic mass is 9.95. The summed E-state index contributed by atoms with van der Waals surface area (Å²) in [5.41, 5.74) is 0.810. The summed E-state index contributed by atoms with van der Waals surface area (Å²) in [4.78, 5) is 2.39. The quantitative estimate of drug-likeness (QED) is 0.729. The standard InChI is InChI=1S/C15H24N2O2/c1-11(14-8-13(18)5-6-15(14)19)17-7-3-4-12(10-17)9-16-2/h5-6,8,11-12,16,18-19H,3-4,7,9-10H2,1-2H3. The minimum atomic E-state index is 0.131. The molecule has 0 aliphatic carbocycles. The van der Waals surface area contributed by atoms with Crippen molar-refractivity contribution >= 4 is 0 Å². The molecule has 106 valence electrons. The van der Waals surface area contributed by atoms with E-state index in [2.05, 4.69) is 17.1 Å². The number of hydrogen-bond acceptors (Lipinski definition) is 4. The van der Waals surface area contributed by atoms with E-state index in [1.807, 2.05) is 7.05 Å². The van der Waals surface area contributed by atoms with Gasteiger partial charge in [-0.15, -0.1) is 0 Å². The first-order valence-corrected chi connectivity index (χ1v) is 7.02. The predicted molar refractivity (Wildman–Crippen MR) is 76.4 cm³/mol. The topological polar surface area (TPSA) is 55.7 Å². The van der Waals surface area contributed by atoms with Gasteiger partial charge in [0, 0.05) is 18.2 Å². The summed E-state index contributed by atoms with van der Waals surface area (Å²) >= 11 is 0. The Hall–Kier alpha value is -1.26. The second-order valence-corrected chi connectivity index (χ2v) is 5.48. The molecule has 0 bridgehead atoms. The molecule has 1 aliphatic heterocycles. The average molecular weight is 264 g/mol. The number of aromatic hydroxyl groups is 2. The highest BCUT2D eigenvalue weighted by Gasteiger charge is 2.25. The molecule has 3 N–H and O–H groups in total. The summed E-state index contributed by atoms with van der Waals surface area (Å²) in [6, 6.07) is 4.88. The molecule has 4 heteroatoms. The van der Waals surface area contributed by atoms with E-state index in [9.17, 15) is 10.2 Å². The molecule has 0 spiro atoms. The minimum absolute atomic E-state index is 0.131. The van der Waals surface area contributed by atoms with Gasteiger partial charge in [0.1, 0.15) is 11.5 Å². The molecule has 2 unspecified atom stereocenters. The fraction of sp³-hybridized carbons (Fsp3) is 0.600. The zero-order valence-electron chi connectivity index (χ0n) is 11.8. The second-order valence-electron chi connectivity index (χ2n) is 5.48. The fourth-order valence-corrected chi connectivity index (χ4v) is 2.98. The van der Waals surface area contributed by atoms with Gasteiger partial charge in [-0.25, -0.2) is 0 Å². The highest BCUT2D eigenvalue weighted by molar-refractivity contribution is 5.40. The molecule has 1 fully saturated rings. The summed E-state index contributed by atoms with van der Waals surface area (Å²) in [6.07, 6.45) is 2.45. The number of piperidine rings is 1. The maximum Gasteiger partial charge on any atom is 0.120 e. The van der Waals surface area contributed by atoms with Crippen LogP contribution in [0.15, 0.2) is 18.2 Å². The highest BCUT2D eigenvalue weighted by atomic mass is 16.3. The first kappa shape index (κ1) is 14.2. The van der Waals surface area contributed by atoms with Crippen molar-refractivity contribution in [2.45, 2.75) is 25.8 Å². The Labute approximate surface area is 115 Å². The first-order chi connectivity index (χ1) is 9.11. The van der Waals surface area contributed by atoms with Crippen LogP contribution in [0, 0.1) is 5.92 Å². The molecule has 1 aliphatic rings. The molecule has 1 aromatic rings. The Bertz CT molecular complexity index is 421. The van der Waals surface area contributed by atoms with E-state index in [0.717, 1.165) is 25.2 Å². The Morgan fingerprint density at radius 3 is 2.95 bits per heavy atom. The van der Waals surface area contributed by atoms with Gasteiger partial charge in [0.15, 0.2) is 0 Å². The number of nitrogens with zero attached hydrogens (tertiary/aromatic N) is 1. The normalized spacial score (nSPS) is 22.3. The molecule has 1 heterocycles. The molecule has 0 aromatic heterocycles. The van der Waals surface area contributed by atoms with Crippen molar-refractivity contribution in [3.8, 4) is 11.5 Å². The van der Waals surface area contributed by atoms with Gasteiger partial charge in [-0.3, -0.25) is 4.90 Å². The van der Waals surface area contributed by atoms with Crippen molar-refractivity contribution in [1.29, 1.82) is 0 Å². The molecule has 0 radical (unpaired) electrons. The van der Waals surface area contributed by atoms with Crippen LogP contribution in [0.4, 0.5) is 0 Å². The Morgan fingerprint density at radius 1 is 1.42 bits per heavy atom. The largest absolute Gasteiger partial charge is 0.508 e. The molecule has 0 saturated carbocycles. The number of benzene rings is 1. The van der Waals surface area contributed by atoms with Crippen molar-refractivity contribution in [3.05, 3.63) is 23.8 Å². The van der Waals surface area contributed by atoms with Crippen LogP contribution in [-0.4, -0.2) is 41.8 Å². The predicted octanol–water partition coefficient (Wildman–Crippen LogP) is 2.09. The number of rotatable bonds is 4. The zero-order chi connectivity index (χ0) is 13.8. The smallest absolute Gasteiger partial charge is 0.120 e. The highest BCUT2D eigenvalue weighted by Crippen LogP contribution is 2.33. The summed E-state index contributed by atoms with van der Waals surface area (Å²) in [5, 5.41) is 22.8. The van der Waals surface area contributed by atoms with E-state index in [-0.39, 0.29) is 17.5 Å². The summed E-state index contributed by atoms with van der Waals surface area (Å²) in [5.74, 6) is 1.14. The van der Waals surface area contributed by atoms with Crippen LogP contribution in [0.25, 0.3) is 0 Å². The Balaban J connectivity index is 2.10. The molecular weight excluding hydrogens is 240 g/mol. The zero-order valence-corrected chi connectivity index (χ0v) is 11.8. The van der Waals surface area contributed by atoms with Crippen LogP contribution in [0.5, 0.6) is 11.5 Å². The van der Waals surface area contributed by atoms with E-state index >= 15 is 0 Å². The lowest BCUT2D eigenvalue weighted by Gasteiger charge is -2.37. The van der Waals surface area contributed by atoms with Gasteiger partial charge in [-0.2, -0.15) is 0 Å². The van der Waals surface area contributed by atoms with Gasteiger partial charge >= 0.3 is 0 Å². The Morgan fingerprint density at radius 2 is 2.21 bits per heavy atom. The van der Waals surface area contributed by atoms with Gasteiger partial charge in [-0.05, 0) is 64.0 Å². The third-order valence-electron chi connectivity index (χ3n) is 4.05. The maximum atomic E-state index is 9.96. The van der Waals surface area contributed by atoms with E-state index in [1.54, 1.807) is 12.1 Å². The van der Waals surface area contributed by atoms with Gasteiger partial charge in [0.2, 0.25) is 0 Å². The molecule has 2 atom stereocenters. The van der Waals surface area contributed by atoms with Crippen LogP contribution in [0.3, 0.4) is 0 Å². The molecule has 2 rings (SSSR count). The van der Waals surface area contributed by atoms with Gasteiger partial charge in [0.25, 0.3) is 0 Å². The minimum Gasteiger partial charge on any atom is -0.508 e. The van der Waals surface area contributed by atoms with Crippen molar-refractivity contribution in [1.82, 2.24) is 10.2 Å². The monoisotopic (exact) mass is 264 g/mol. The van der Waals surface area contributed by atoms with E-state index < -0.39 is 0 Å². The van der Waals surface area contributed by atoms with Crippen molar-refractivity contribution in [2.75, 3.05) is 26.7 Å². The number of nitrogens with one attached hydrogen (secondary N) is 1. The third-order valence-corrected chi connectivity index (χ3v) is 4.05. The van der Waals surface area contributed by atoms with Crippen LogP contribution >= 0.6 is 0 Å². The number of likely N-dealkylation sites (tertiary alicyclic amines) is 1. The van der Waals surface area contributed by atoms with Crippen molar-refractivity contribution in [2.24, 2.45) is 5.92 Å². The van der Waals surface area contributed by atoms with Crippen LogP contribution in [0.2, 0.25) is 0 Å². The molecule has 4 nitrogen and oxygen atoms in total. The van der Waals surface area contributed by atoms with E-state index in [4.69, 9.17) is 0 Å². The SMILES string of the molecule is CNCC1CCCN(C(C)c2cc(O)ccc2O)C1. The fourth-order valence-electron chi connectivity index (χ4n) is 2.98. The summed E-state index contributed by atoms with van der Waals surface area (Å²) in [6.45, 7) is 5.22. The maximum absolute atomic E-state index is 9.96. The lowest BCUT2D eigenvalue weighted by Crippen LogP contribution is -2.40. The summed E-state index contributed by atoms with van der Waals surface area (Å²) in [7, 11) is 1.99. The molecule has 1 aromatic carbocycles. The van der Waals surface area contributed by atoms with Gasteiger partial charge < -0.3 is 15.5 Å². The van der Waals surface area contributed by atoms with Crippen LogP contribution in [-0.2, 0) is 0 Å². The molecule has 0 amide bonds. The number of phenolic OH excluding ortho intramolecular Hbond substituents is 2. The number of hydrogen-bond donors (Lipinski definition) is 3. The van der Waals surface area contributed by atoms with E-state index in [1.165, 1.54) is 18.9 Å². The van der Waals surface area contributed by atoms with Gasteiger partial charge in [0.05, 0.1) is 0 Å². The van der Waals surface area contributed by atoms with Crippen molar-refractivity contribution < 1.29 is 10.2 Å². The molecule has 1 saturated heterocycles. The third kappa shape index (κ3) is 3.39. The second kappa shape index (κ2) is 6.26. The molecular formula is C15H24N2O2. The average Bonchev–Trinajstić information content (AvgIpc) is 2.41. The van der Waals surface area contributed by atoms with Crippen LogP contribution < -0.4 is 5.32 Å².